The molecule has 5 nitrogen and oxygen atoms in total. The summed E-state index contributed by atoms with van der Waals surface area (Å²) < 4.78 is 5.53. The molecule has 0 N–H and O–H groups in total. The Hall–Kier alpha value is -2.41. The highest BCUT2D eigenvalue weighted by molar-refractivity contribution is 6.10. The average Bonchev–Trinajstić information content (AvgIpc) is 3.24. The summed E-state index contributed by atoms with van der Waals surface area (Å²) in [5, 5.41) is 0. The number of hydrogen-bond acceptors (Lipinski definition) is 4. The van der Waals surface area contributed by atoms with Crippen LogP contribution in [-0.4, -0.2) is 74.7 Å². The molecule has 3 heterocycles. The van der Waals surface area contributed by atoms with Gasteiger partial charge in [0.05, 0.1) is 13.2 Å². The van der Waals surface area contributed by atoms with Crippen molar-refractivity contribution in [3.63, 3.8) is 0 Å². The fourth-order valence-corrected chi connectivity index (χ4v) is 6.74. The molecule has 3 aromatic rings. The molecule has 0 aliphatic carbocycles. The van der Waals surface area contributed by atoms with Crippen molar-refractivity contribution in [1.29, 1.82) is 0 Å². The molecule has 40 heavy (non-hydrogen) atoms. The molecule has 214 valence electrons. The molecule has 2 saturated heterocycles. The number of carbonyl (C=O) groups is 1. The molecule has 2 fully saturated rings. The van der Waals surface area contributed by atoms with E-state index >= 15 is 0 Å². The van der Waals surface area contributed by atoms with Crippen LogP contribution in [0, 0.1) is 0 Å². The second kappa shape index (κ2) is 14.0. The van der Waals surface area contributed by atoms with Crippen LogP contribution in [0.15, 0.2) is 84.9 Å². The van der Waals surface area contributed by atoms with E-state index in [0.717, 1.165) is 75.7 Å². The van der Waals surface area contributed by atoms with Crippen molar-refractivity contribution in [2.24, 2.45) is 0 Å². The van der Waals surface area contributed by atoms with E-state index in [2.05, 4.69) is 93.6 Å². The predicted molar refractivity (Wildman–Crippen MR) is 167 cm³/mol. The lowest BCUT2D eigenvalue weighted by atomic mass is 9.72. The Bertz CT molecular complexity index is 1210. The molecule has 0 aromatic heterocycles. The van der Waals surface area contributed by atoms with Crippen molar-refractivity contribution in [3.05, 3.63) is 102 Å². The van der Waals surface area contributed by atoms with Gasteiger partial charge in [-0.15, -0.1) is 24.8 Å². The molecule has 0 bridgehead atoms. The maximum atomic E-state index is 14.5. The van der Waals surface area contributed by atoms with Gasteiger partial charge in [0.15, 0.2) is 0 Å². The topological polar surface area (TPSA) is 36.0 Å². The van der Waals surface area contributed by atoms with Gasteiger partial charge in [0.2, 0.25) is 5.91 Å². The van der Waals surface area contributed by atoms with E-state index in [-0.39, 0.29) is 30.7 Å². The SMILES string of the molecule is Cl.Cl.O=C1N(CCN2CCOCC2)c2ccccc2C1(CCN1CCC(c2ccccc2)CC1)c1ccccc1. The lowest BCUT2D eigenvalue weighted by molar-refractivity contribution is -0.122. The highest BCUT2D eigenvalue weighted by atomic mass is 35.5. The molecule has 0 radical (unpaired) electrons. The van der Waals surface area contributed by atoms with E-state index in [1.165, 1.54) is 18.4 Å². The second-order valence-corrected chi connectivity index (χ2v) is 11.0. The number of halogens is 2. The standard InChI is InChI=1S/C33H39N3O2.2ClH/c37-32-33(29-11-5-2-6-12-29,17-20-34-18-15-28(16-19-34)27-9-3-1-4-10-27)30-13-7-8-14-31(30)36(32)22-21-35-23-25-38-26-24-35;;/h1-14,28H,15-26H2;2*1H. The number of para-hydroxylation sites is 1. The van der Waals surface area contributed by atoms with Gasteiger partial charge in [0, 0.05) is 31.9 Å². The fraction of sp³-hybridized carbons (Fsp3) is 0.424. The van der Waals surface area contributed by atoms with Crippen LogP contribution < -0.4 is 4.90 Å². The second-order valence-electron chi connectivity index (χ2n) is 11.0. The fourth-order valence-electron chi connectivity index (χ4n) is 6.74. The van der Waals surface area contributed by atoms with E-state index in [0.29, 0.717) is 12.5 Å². The lowest BCUT2D eigenvalue weighted by Gasteiger charge is -2.36. The first-order chi connectivity index (χ1) is 18.8. The number of amides is 1. The molecule has 0 spiro atoms. The third kappa shape index (κ3) is 6.09. The summed E-state index contributed by atoms with van der Waals surface area (Å²) in [6.45, 7) is 8.11. The normalized spacial score (nSPS) is 21.9. The maximum Gasteiger partial charge on any atom is 0.242 e. The van der Waals surface area contributed by atoms with Gasteiger partial charge in [-0.05, 0) is 67.6 Å². The minimum absolute atomic E-state index is 0. The third-order valence-electron chi connectivity index (χ3n) is 8.94. The Morgan fingerprint density at radius 1 is 0.700 bits per heavy atom. The first-order valence-electron chi connectivity index (χ1n) is 14.3. The van der Waals surface area contributed by atoms with Gasteiger partial charge in [0.25, 0.3) is 0 Å². The summed E-state index contributed by atoms with van der Waals surface area (Å²) >= 11 is 0. The van der Waals surface area contributed by atoms with Gasteiger partial charge in [-0.1, -0.05) is 78.9 Å². The zero-order valence-corrected chi connectivity index (χ0v) is 24.8. The molecule has 0 saturated carbocycles. The van der Waals surface area contributed by atoms with Crippen LogP contribution in [0.4, 0.5) is 5.69 Å². The molecule has 1 atom stereocenters. The highest BCUT2D eigenvalue weighted by Crippen LogP contribution is 2.48. The van der Waals surface area contributed by atoms with E-state index in [9.17, 15) is 4.79 Å². The third-order valence-corrected chi connectivity index (χ3v) is 8.94. The number of benzene rings is 3. The molecule has 6 rings (SSSR count). The van der Waals surface area contributed by atoms with Gasteiger partial charge in [-0.25, -0.2) is 0 Å². The van der Waals surface area contributed by atoms with E-state index in [1.54, 1.807) is 0 Å². The molecule has 1 unspecified atom stereocenters. The molecule has 3 aromatic carbocycles. The Morgan fingerprint density at radius 3 is 2.00 bits per heavy atom. The number of likely N-dealkylation sites (tertiary alicyclic amines) is 1. The number of carbonyl (C=O) groups excluding carboxylic acids is 1. The van der Waals surface area contributed by atoms with Crippen molar-refractivity contribution >= 4 is 36.4 Å². The van der Waals surface area contributed by atoms with Gasteiger partial charge in [-0.2, -0.15) is 0 Å². The van der Waals surface area contributed by atoms with Crippen LogP contribution in [0.25, 0.3) is 0 Å². The van der Waals surface area contributed by atoms with Crippen LogP contribution in [0.1, 0.15) is 41.9 Å². The summed E-state index contributed by atoms with van der Waals surface area (Å²) in [5.74, 6) is 0.873. The van der Waals surface area contributed by atoms with Crippen LogP contribution >= 0.6 is 24.8 Å². The van der Waals surface area contributed by atoms with Gasteiger partial charge in [0.1, 0.15) is 5.41 Å². The number of morpholine rings is 1. The first-order valence-corrected chi connectivity index (χ1v) is 14.3. The van der Waals surface area contributed by atoms with E-state index in [4.69, 9.17) is 4.74 Å². The van der Waals surface area contributed by atoms with Crippen LogP contribution in [0.3, 0.4) is 0 Å². The van der Waals surface area contributed by atoms with Crippen molar-refractivity contribution < 1.29 is 9.53 Å². The monoisotopic (exact) mass is 581 g/mol. The molecule has 3 aliphatic rings. The van der Waals surface area contributed by atoms with Gasteiger partial charge in [-0.3, -0.25) is 9.69 Å². The first kappa shape index (κ1) is 30.5. The summed E-state index contributed by atoms with van der Waals surface area (Å²) in [4.78, 5) is 21.6. The number of anilines is 1. The molecular weight excluding hydrogens is 541 g/mol. The number of ether oxygens (including phenoxy) is 1. The van der Waals surface area contributed by atoms with Crippen molar-refractivity contribution in [2.75, 3.05) is 63.9 Å². The summed E-state index contributed by atoms with van der Waals surface area (Å²) in [6, 6.07) is 30.0. The van der Waals surface area contributed by atoms with Crippen molar-refractivity contribution in [2.45, 2.75) is 30.6 Å². The molecule has 7 heteroatoms. The molecular formula is C33H41Cl2N3O2. The van der Waals surface area contributed by atoms with Gasteiger partial charge >= 0.3 is 0 Å². The Labute approximate surface area is 251 Å². The maximum absolute atomic E-state index is 14.5. The van der Waals surface area contributed by atoms with Crippen LogP contribution in [-0.2, 0) is 14.9 Å². The zero-order valence-electron chi connectivity index (χ0n) is 23.1. The van der Waals surface area contributed by atoms with E-state index < -0.39 is 5.41 Å². The minimum Gasteiger partial charge on any atom is -0.379 e. The van der Waals surface area contributed by atoms with Crippen LogP contribution in [0.5, 0.6) is 0 Å². The Morgan fingerprint density at radius 2 is 1.30 bits per heavy atom. The quantitative estimate of drug-likeness (QED) is 0.338. The van der Waals surface area contributed by atoms with E-state index in [1.807, 2.05) is 6.07 Å². The number of piperidine rings is 1. The summed E-state index contributed by atoms with van der Waals surface area (Å²) in [5.41, 5.74) is 4.18. The largest absolute Gasteiger partial charge is 0.379 e. The van der Waals surface area contributed by atoms with Crippen LogP contribution in [0.2, 0.25) is 0 Å². The smallest absolute Gasteiger partial charge is 0.242 e. The molecule has 3 aliphatic heterocycles. The van der Waals surface area contributed by atoms with Crippen molar-refractivity contribution in [1.82, 2.24) is 9.80 Å². The lowest BCUT2D eigenvalue weighted by Crippen LogP contribution is -2.47. The van der Waals surface area contributed by atoms with Crippen molar-refractivity contribution in [3.8, 4) is 0 Å². The molecule has 1 amide bonds. The number of rotatable bonds is 8. The number of fused-ring (bicyclic) bond motifs is 1. The minimum atomic E-state index is -0.640. The average molecular weight is 583 g/mol. The zero-order chi connectivity index (χ0) is 25.8. The Balaban J connectivity index is 0.00000185. The Kier molecular flexibility index (Phi) is 10.7. The number of nitrogens with zero attached hydrogens (tertiary/aromatic N) is 3. The summed E-state index contributed by atoms with van der Waals surface area (Å²) in [7, 11) is 0. The predicted octanol–water partition coefficient (Wildman–Crippen LogP) is 5.76. The number of hydrogen-bond donors (Lipinski definition) is 0. The summed E-state index contributed by atoms with van der Waals surface area (Å²) in [6.07, 6.45) is 3.16. The highest BCUT2D eigenvalue weighted by Gasteiger charge is 2.51. The van der Waals surface area contributed by atoms with Gasteiger partial charge < -0.3 is 14.5 Å².